The number of aromatic nitrogens is 5. The molecular formula is C29H27N5O. The van der Waals surface area contributed by atoms with Gasteiger partial charge in [-0.1, -0.05) is 78.0 Å². The van der Waals surface area contributed by atoms with Crippen molar-refractivity contribution in [3.63, 3.8) is 0 Å². The van der Waals surface area contributed by atoms with E-state index in [0.29, 0.717) is 6.61 Å². The molecule has 1 N–H and O–H groups in total. The van der Waals surface area contributed by atoms with Gasteiger partial charge in [0.15, 0.2) is 5.82 Å². The molecule has 0 fully saturated rings. The van der Waals surface area contributed by atoms with E-state index in [4.69, 9.17) is 4.74 Å². The molecule has 2 heterocycles. The number of rotatable bonds is 10. The number of para-hydroxylation sites is 1. The molecule has 35 heavy (non-hydrogen) atoms. The van der Waals surface area contributed by atoms with Gasteiger partial charge in [-0.25, -0.2) is 4.98 Å². The van der Waals surface area contributed by atoms with Gasteiger partial charge in [0.2, 0.25) is 0 Å². The van der Waals surface area contributed by atoms with E-state index in [-0.39, 0.29) is 0 Å². The number of aryl methyl sites for hydroxylation is 2. The van der Waals surface area contributed by atoms with Crippen molar-refractivity contribution in [3.05, 3.63) is 113 Å². The first-order chi connectivity index (χ1) is 17.3. The Morgan fingerprint density at radius 3 is 2.51 bits per heavy atom. The zero-order chi connectivity index (χ0) is 23.7. The Labute approximate surface area is 204 Å². The highest BCUT2D eigenvalue weighted by Crippen LogP contribution is 2.19. The lowest BCUT2D eigenvalue weighted by molar-refractivity contribution is 0.302. The zero-order valence-electron chi connectivity index (χ0n) is 19.5. The lowest BCUT2D eigenvalue weighted by Crippen LogP contribution is -1.98. The number of hydrogen-bond donors (Lipinski definition) is 1. The molecule has 0 aliphatic carbocycles. The second-order valence-electron chi connectivity index (χ2n) is 8.47. The van der Waals surface area contributed by atoms with Crippen molar-refractivity contribution in [1.29, 1.82) is 0 Å². The fourth-order valence-corrected chi connectivity index (χ4v) is 3.94. The second kappa shape index (κ2) is 11.2. The molecule has 2 aromatic heterocycles. The van der Waals surface area contributed by atoms with Crippen molar-refractivity contribution >= 4 is 23.1 Å². The minimum absolute atomic E-state index is 0.439. The Morgan fingerprint density at radius 2 is 1.63 bits per heavy atom. The van der Waals surface area contributed by atoms with Crippen LogP contribution in [0.2, 0.25) is 0 Å². The third-order valence-corrected chi connectivity index (χ3v) is 5.85. The second-order valence-corrected chi connectivity index (χ2v) is 8.47. The number of unbranched alkanes of at least 4 members (excludes halogenated alkanes) is 1. The summed E-state index contributed by atoms with van der Waals surface area (Å²) in [6.07, 6.45) is 8.30. The van der Waals surface area contributed by atoms with Crippen LogP contribution < -0.4 is 4.74 Å². The molecule has 0 spiro atoms. The summed E-state index contributed by atoms with van der Waals surface area (Å²) in [7, 11) is 0. The molecule has 0 radical (unpaired) electrons. The molecule has 0 aliphatic rings. The summed E-state index contributed by atoms with van der Waals surface area (Å²) in [6.45, 7) is 0.439. The largest absolute Gasteiger partial charge is 0.487 e. The van der Waals surface area contributed by atoms with Gasteiger partial charge in [-0.15, -0.1) is 10.2 Å². The van der Waals surface area contributed by atoms with Crippen molar-refractivity contribution in [2.24, 2.45) is 0 Å². The van der Waals surface area contributed by atoms with Gasteiger partial charge in [0.25, 0.3) is 0 Å². The van der Waals surface area contributed by atoms with Crippen LogP contribution in [0.4, 0.5) is 0 Å². The third kappa shape index (κ3) is 6.38. The molecule has 6 nitrogen and oxygen atoms in total. The molecule has 3 aromatic carbocycles. The van der Waals surface area contributed by atoms with Crippen LogP contribution in [-0.2, 0) is 19.4 Å². The topological polar surface area (TPSA) is 76.6 Å². The maximum Gasteiger partial charge on any atom is 0.174 e. The molecule has 0 unspecified atom stereocenters. The molecule has 0 bridgehead atoms. The van der Waals surface area contributed by atoms with Crippen LogP contribution in [0.15, 0.2) is 84.9 Å². The smallest absolute Gasteiger partial charge is 0.174 e. The number of fused-ring (bicyclic) bond motifs is 1. The molecule has 5 aromatic rings. The van der Waals surface area contributed by atoms with Crippen molar-refractivity contribution < 1.29 is 4.74 Å². The number of nitrogens with one attached hydrogen (secondary N) is 1. The van der Waals surface area contributed by atoms with Crippen LogP contribution >= 0.6 is 0 Å². The first-order valence-corrected chi connectivity index (χ1v) is 11.9. The number of benzene rings is 3. The monoisotopic (exact) mass is 461 g/mol. The standard InChI is InChI=1S/C29H27N5O/c1(4-11-29-31-33-34-32-29)6-22-12-14-23(15-13-22)16-17-24-7-5-9-27(20-24)35-21-26-19-18-25-8-2-3-10-28(25)30-26/h2-3,5,7-10,12-20H,1,4,6,11,21H2,(H,31,32,33,34)/b17-16+. The molecule has 0 saturated heterocycles. The van der Waals surface area contributed by atoms with Crippen LogP contribution in [0.25, 0.3) is 23.1 Å². The molecular weight excluding hydrogens is 434 g/mol. The Bertz CT molecular complexity index is 1390. The summed E-state index contributed by atoms with van der Waals surface area (Å²) in [5, 5.41) is 15.2. The van der Waals surface area contributed by atoms with Gasteiger partial charge in [0.05, 0.1) is 11.2 Å². The molecule has 0 saturated carbocycles. The molecule has 6 heteroatoms. The Morgan fingerprint density at radius 1 is 0.771 bits per heavy atom. The van der Waals surface area contributed by atoms with E-state index < -0.39 is 0 Å². The number of H-pyrrole nitrogens is 1. The molecule has 0 atom stereocenters. The fourth-order valence-electron chi connectivity index (χ4n) is 3.94. The van der Waals surface area contributed by atoms with Gasteiger partial charge in [-0.3, -0.25) is 0 Å². The number of tetrazole rings is 1. The lowest BCUT2D eigenvalue weighted by Gasteiger charge is -2.07. The minimum Gasteiger partial charge on any atom is -0.487 e. The highest BCUT2D eigenvalue weighted by molar-refractivity contribution is 5.78. The summed E-state index contributed by atoms with van der Waals surface area (Å²) in [5.74, 6) is 1.61. The number of hydrogen-bond acceptors (Lipinski definition) is 5. The van der Waals surface area contributed by atoms with Crippen LogP contribution in [0.5, 0.6) is 5.75 Å². The van der Waals surface area contributed by atoms with Gasteiger partial charge in [-0.2, -0.15) is 5.21 Å². The van der Waals surface area contributed by atoms with Gasteiger partial charge < -0.3 is 4.74 Å². The minimum atomic E-state index is 0.439. The quantitative estimate of drug-likeness (QED) is 0.202. The number of aromatic amines is 1. The highest BCUT2D eigenvalue weighted by Gasteiger charge is 2.01. The van der Waals surface area contributed by atoms with Gasteiger partial charge >= 0.3 is 0 Å². The van der Waals surface area contributed by atoms with E-state index in [1.54, 1.807) is 0 Å². The van der Waals surface area contributed by atoms with Crippen molar-refractivity contribution in [1.82, 2.24) is 25.6 Å². The predicted molar refractivity (Wildman–Crippen MR) is 139 cm³/mol. The number of pyridine rings is 1. The average Bonchev–Trinajstić information content (AvgIpc) is 3.43. The highest BCUT2D eigenvalue weighted by atomic mass is 16.5. The summed E-state index contributed by atoms with van der Waals surface area (Å²) in [6, 6.07) is 29.1. The van der Waals surface area contributed by atoms with Crippen LogP contribution in [-0.4, -0.2) is 25.6 Å². The fraction of sp³-hybridized carbons (Fsp3) is 0.172. The molecule has 0 aliphatic heterocycles. The van der Waals surface area contributed by atoms with Crippen LogP contribution in [0, 0.1) is 0 Å². The van der Waals surface area contributed by atoms with Gasteiger partial charge in [0, 0.05) is 11.8 Å². The summed E-state index contributed by atoms with van der Waals surface area (Å²) < 4.78 is 6.01. The van der Waals surface area contributed by atoms with Crippen LogP contribution in [0.3, 0.4) is 0 Å². The summed E-state index contributed by atoms with van der Waals surface area (Å²) >= 11 is 0. The van der Waals surface area contributed by atoms with Crippen molar-refractivity contribution in [2.45, 2.75) is 32.3 Å². The first-order valence-electron chi connectivity index (χ1n) is 11.9. The van der Waals surface area contributed by atoms with E-state index in [1.165, 1.54) is 11.1 Å². The van der Waals surface area contributed by atoms with Crippen LogP contribution in [0.1, 0.15) is 41.1 Å². The average molecular weight is 462 g/mol. The molecule has 174 valence electrons. The number of ether oxygens (including phenoxy) is 1. The Kier molecular flexibility index (Phi) is 7.19. The number of nitrogens with zero attached hydrogens (tertiary/aromatic N) is 4. The van der Waals surface area contributed by atoms with Crippen molar-refractivity contribution in [2.75, 3.05) is 0 Å². The van der Waals surface area contributed by atoms with Gasteiger partial charge in [-0.05, 0) is 60.2 Å². The van der Waals surface area contributed by atoms with E-state index in [0.717, 1.165) is 59.4 Å². The summed E-state index contributed by atoms with van der Waals surface area (Å²) in [5.41, 5.74) is 5.51. The maximum absolute atomic E-state index is 6.01. The normalized spacial score (nSPS) is 11.3. The predicted octanol–water partition coefficient (Wildman–Crippen LogP) is 6.06. The first kappa shape index (κ1) is 22.5. The van der Waals surface area contributed by atoms with E-state index >= 15 is 0 Å². The zero-order valence-corrected chi connectivity index (χ0v) is 19.5. The molecule has 5 rings (SSSR count). The Balaban J connectivity index is 1.12. The third-order valence-electron chi connectivity index (χ3n) is 5.85. The van der Waals surface area contributed by atoms with E-state index in [9.17, 15) is 0 Å². The molecule has 0 amide bonds. The van der Waals surface area contributed by atoms with Gasteiger partial charge in [0.1, 0.15) is 12.4 Å². The van der Waals surface area contributed by atoms with E-state index in [2.05, 4.69) is 86.3 Å². The van der Waals surface area contributed by atoms with Crippen molar-refractivity contribution in [3.8, 4) is 5.75 Å². The Hall–Kier alpha value is -4.32. The maximum atomic E-state index is 6.01. The lowest BCUT2D eigenvalue weighted by atomic mass is 10.0. The summed E-state index contributed by atoms with van der Waals surface area (Å²) in [4.78, 5) is 4.68. The SMILES string of the molecule is C(=C\c1cccc(OCc2ccc3ccccc3n2)c1)/c1ccc(CCCCc2nn[nH]n2)cc1. The van der Waals surface area contributed by atoms with E-state index in [1.807, 2.05) is 36.4 Å².